The lowest BCUT2D eigenvalue weighted by Gasteiger charge is -2.01. The van der Waals surface area contributed by atoms with Crippen LogP contribution >= 0.6 is 0 Å². The van der Waals surface area contributed by atoms with E-state index in [1.807, 2.05) is 10.7 Å². The molecule has 0 saturated heterocycles. The van der Waals surface area contributed by atoms with Crippen molar-refractivity contribution in [1.82, 2.24) is 15.0 Å². The quantitative estimate of drug-likeness (QED) is 0.764. The number of hydrogen-bond donors (Lipinski definition) is 1. The van der Waals surface area contributed by atoms with Crippen LogP contribution in [0.25, 0.3) is 11.0 Å². The van der Waals surface area contributed by atoms with Crippen LogP contribution in [0.4, 0.5) is 0 Å². The van der Waals surface area contributed by atoms with Crippen LogP contribution in [0.1, 0.15) is 6.42 Å². The van der Waals surface area contributed by atoms with Gasteiger partial charge in [-0.25, -0.2) is 4.68 Å². The first kappa shape index (κ1) is 9.92. The van der Waals surface area contributed by atoms with Crippen molar-refractivity contribution in [3.63, 3.8) is 0 Å². The first-order chi connectivity index (χ1) is 7.31. The van der Waals surface area contributed by atoms with Crippen LogP contribution < -0.4 is 0 Å². The van der Waals surface area contributed by atoms with Gasteiger partial charge >= 0.3 is 0 Å². The third-order valence-corrected chi connectivity index (χ3v) is 2.22. The molecule has 2 rings (SSSR count). The predicted octanol–water partition coefficient (Wildman–Crippen LogP) is 1.17. The number of hydrogen-bond acceptors (Lipinski definition) is 4. The molecule has 1 heterocycles. The van der Waals surface area contributed by atoms with Crippen LogP contribution in [0.15, 0.2) is 18.2 Å². The molecule has 0 amide bonds. The molecule has 0 aliphatic heterocycles. The van der Waals surface area contributed by atoms with Gasteiger partial charge in [0, 0.05) is 26.3 Å². The molecule has 0 saturated carbocycles. The van der Waals surface area contributed by atoms with Gasteiger partial charge in [0.25, 0.3) is 0 Å². The third-order valence-electron chi connectivity index (χ3n) is 2.22. The Morgan fingerprint density at radius 1 is 1.47 bits per heavy atom. The van der Waals surface area contributed by atoms with Crippen LogP contribution in [0.5, 0.6) is 5.75 Å². The maximum absolute atomic E-state index is 9.26. The number of phenolic OH excluding ortho intramolecular Hbond substituents is 1. The van der Waals surface area contributed by atoms with Gasteiger partial charge < -0.3 is 9.84 Å². The van der Waals surface area contributed by atoms with Crippen molar-refractivity contribution in [2.24, 2.45) is 0 Å². The lowest BCUT2D eigenvalue weighted by Crippen LogP contribution is -2.03. The number of ether oxygens (including phenoxy) is 1. The van der Waals surface area contributed by atoms with Crippen LogP contribution in [0.3, 0.4) is 0 Å². The van der Waals surface area contributed by atoms with Gasteiger partial charge in [0.1, 0.15) is 11.3 Å². The van der Waals surface area contributed by atoms with Crippen molar-refractivity contribution in [1.29, 1.82) is 0 Å². The summed E-state index contributed by atoms with van der Waals surface area (Å²) in [5.74, 6) is 0.214. The zero-order valence-electron chi connectivity index (χ0n) is 8.55. The van der Waals surface area contributed by atoms with E-state index in [4.69, 9.17) is 4.74 Å². The van der Waals surface area contributed by atoms with E-state index in [-0.39, 0.29) is 5.75 Å². The summed E-state index contributed by atoms with van der Waals surface area (Å²) in [5.41, 5.74) is 1.65. The highest BCUT2D eigenvalue weighted by atomic mass is 16.5. The van der Waals surface area contributed by atoms with E-state index >= 15 is 0 Å². The Morgan fingerprint density at radius 3 is 3.13 bits per heavy atom. The Bertz CT molecular complexity index is 453. The molecule has 0 aliphatic rings. The molecule has 0 bridgehead atoms. The predicted molar refractivity (Wildman–Crippen MR) is 55.7 cm³/mol. The summed E-state index contributed by atoms with van der Waals surface area (Å²) >= 11 is 0. The zero-order chi connectivity index (χ0) is 10.7. The fourth-order valence-corrected chi connectivity index (χ4v) is 1.48. The summed E-state index contributed by atoms with van der Waals surface area (Å²) < 4.78 is 6.78. The second kappa shape index (κ2) is 4.27. The van der Waals surface area contributed by atoms with E-state index in [1.54, 1.807) is 19.2 Å². The largest absolute Gasteiger partial charge is 0.508 e. The Kier molecular flexibility index (Phi) is 2.82. The third kappa shape index (κ3) is 2.07. The molecule has 80 valence electrons. The number of benzene rings is 1. The van der Waals surface area contributed by atoms with Crippen LogP contribution in [0.2, 0.25) is 0 Å². The van der Waals surface area contributed by atoms with Crippen LogP contribution in [-0.4, -0.2) is 33.8 Å². The molecule has 5 nitrogen and oxygen atoms in total. The molecular formula is C10H13N3O2. The number of methoxy groups -OCH3 is 1. The van der Waals surface area contributed by atoms with Crippen molar-refractivity contribution in [2.45, 2.75) is 13.0 Å². The molecular weight excluding hydrogens is 194 g/mol. The lowest BCUT2D eigenvalue weighted by atomic mass is 10.3. The van der Waals surface area contributed by atoms with Gasteiger partial charge in [0.15, 0.2) is 0 Å². The first-order valence-corrected chi connectivity index (χ1v) is 4.82. The van der Waals surface area contributed by atoms with Gasteiger partial charge in [-0.05, 0) is 18.6 Å². The van der Waals surface area contributed by atoms with E-state index in [0.29, 0.717) is 12.1 Å². The molecule has 0 aliphatic carbocycles. The van der Waals surface area contributed by atoms with E-state index < -0.39 is 0 Å². The minimum atomic E-state index is 0.214. The lowest BCUT2D eigenvalue weighted by molar-refractivity contribution is 0.189. The molecule has 5 heteroatoms. The average molecular weight is 207 g/mol. The van der Waals surface area contributed by atoms with Crippen molar-refractivity contribution in [2.75, 3.05) is 13.7 Å². The van der Waals surface area contributed by atoms with Crippen LogP contribution in [0, 0.1) is 0 Å². The smallest absolute Gasteiger partial charge is 0.117 e. The summed E-state index contributed by atoms with van der Waals surface area (Å²) in [6, 6.07) is 5.06. The van der Waals surface area contributed by atoms with Crippen molar-refractivity contribution < 1.29 is 9.84 Å². The molecule has 0 unspecified atom stereocenters. The summed E-state index contributed by atoms with van der Waals surface area (Å²) in [4.78, 5) is 0. The van der Waals surface area contributed by atoms with E-state index in [1.165, 1.54) is 0 Å². The fraction of sp³-hybridized carbons (Fsp3) is 0.400. The van der Waals surface area contributed by atoms with Gasteiger partial charge in [0.2, 0.25) is 0 Å². The summed E-state index contributed by atoms with van der Waals surface area (Å²) in [7, 11) is 1.68. The molecule has 0 atom stereocenters. The van der Waals surface area contributed by atoms with E-state index in [0.717, 1.165) is 18.5 Å². The van der Waals surface area contributed by atoms with Crippen molar-refractivity contribution in [3.05, 3.63) is 18.2 Å². The number of fused-ring (bicyclic) bond motifs is 1. The van der Waals surface area contributed by atoms with Crippen LogP contribution in [-0.2, 0) is 11.3 Å². The highest BCUT2D eigenvalue weighted by Gasteiger charge is 2.04. The fourth-order valence-electron chi connectivity index (χ4n) is 1.48. The van der Waals surface area contributed by atoms with Gasteiger partial charge in [-0.3, -0.25) is 0 Å². The molecule has 0 fully saturated rings. The minimum Gasteiger partial charge on any atom is -0.508 e. The Hall–Kier alpha value is -1.62. The number of phenols is 1. The van der Waals surface area contributed by atoms with E-state index in [9.17, 15) is 5.11 Å². The Labute approximate surface area is 87.3 Å². The number of aryl methyl sites for hydroxylation is 1. The molecule has 0 radical (unpaired) electrons. The number of aromatic nitrogens is 3. The monoisotopic (exact) mass is 207 g/mol. The average Bonchev–Trinajstić information content (AvgIpc) is 2.61. The SMILES string of the molecule is COCCCn1nnc2cc(O)ccc21. The minimum absolute atomic E-state index is 0.214. The summed E-state index contributed by atoms with van der Waals surface area (Å²) in [5, 5.41) is 17.2. The standard InChI is InChI=1S/C10H13N3O2/c1-15-6-2-5-13-10-4-3-8(14)7-9(10)11-12-13/h3-4,7,14H,2,5-6H2,1H3. The second-order valence-electron chi connectivity index (χ2n) is 3.33. The van der Waals surface area contributed by atoms with Gasteiger partial charge in [-0.2, -0.15) is 0 Å². The number of rotatable bonds is 4. The maximum Gasteiger partial charge on any atom is 0.117 e. The number of aromatic hydroxyl groups is 1. The molecule has 1 N–H and O–H groups in total. The highest BCUT2D eigenvalue weighted by molar-refractivity contribution is 5.75. The summed E-state index contributed by atoms with van der Waals surface area (Å²) in [6.07, 6.45) is 0.899. The normalized spacial score (nSPS) is 11.0. The molecule has 2 aromatic rings. The Balaban J connectivity index is 2.21. The van der Waals surface area contributed by atoms with E-state index in [2.05, 4.69) is 10.3 Å². The van der Waals surface area contributed by atoms with Gasteiger partial charge in [0.05, 0.1) is 5.52 Å². The Morgan fingerprint density at radius 2 is 2.33 bits per heavy atom. The van der Waals surface area contributed by atoms with Gasteiger partial charge in [-0.15, -0.1) is 5.10 Å². The molecule has 1 aromatic heterocycles. The maximum atomic E-state index is 9.26. The topological polar surface area (TPSA) is 60.2 Å². The molecule has 15 heavy (non-hydrogen) atoms. The second-order valence-corrected chi connectivity index (χ2v) is 3.33. The van der Waals surface area contributed by atoms with Crippen molar-refractivity contribution >= 4 is 11.0 Å². The molecule has 1 aromatic carbocycles. The summed E-state index contributed by atoms with van der Waals surface area (Å²) in [6.45, 7) is 1.48. The van der Waals surface area contributed by atoms with Gasteiger partial charge in [-0.1, -0.05) is 5.21 Å². The number of nitrogens with zero attached hydrogens (tertiary/aromatic N) is 3. The van der Waals surface area contributed by atoms with Crippen molar-refractivity contribution in [3.8, 4) is 5.75 Å². The first-order valence-electron chi connectivity index (χ1n) is 4.82. The highest BCUT2D eigenvalue weighted by Crippen LogP contribution is 2.17. The zero-order valence-corrected chi connectivity index (χ0v) is 8.55. The molecule has 0 spiro atoms.